The number of β-lactam (4-membered cyclic amide) rings is 1. The highest BCUT2D eigenvalue weighted by molar-refractivity contribution is 5.94. The molecular formula is C19H19N3O4. The molecular weight excluding hydrogens is 334 g/mol. The van der Waals surface area contributed by atoms with Gasteiger partial charge in [-0.3, -0.25) is 9.59 Å². The van der Waals surface area contributed by atoms with E-state index in [0.717, 1.165) is 5.56 Å². The number of hydrogen-bond acceptors (Lipinski definition) is 4. The van der Waals surface area contributed by atoms with Crippen LogP contribution in [-0.4, -0.2) is 30.5 Å². The average molecular weight is 353 g/mol. The lowest BCUT2D eigenvalue weighted by Crippen LogP contribution is -2.63. The summed E-state index contributed by atoms with van der Waals surface area (Å²) in [5.41, 5.74) is 1.44. The Morgan fingerprint density at radius 2 is 1.73 bits per heavy atom. The van der Waals surface area contributed by atoms with Crippen molar-refractivity contribution < 1.29 is 19.1 Å². The summed E-state index contributed by atoms with van der Waals surface area (Å²) in [5.74, 6) is -0.704. The predicted molar refractivity (Wildman–Crippen MR) is 93.9 cm³/mol. The Bertz CT molecular complexity index is 780. The monoisotopic (exact) mass is 353 g/mol. The molecule has 1 fully saturated rings. The summed E-state index contributed by atoms with van der Waals surface area (Å²) >= 11 is 0. The zero-order chi connectivity index (χ0) is 18.4. The summed E-state index contributed by atoms with van der Waals surface area (Å²) in [7, 11) is 0. The number of benzene rings is 2. The average Bonchev–Trinajstić information content (AvgIpc) is 2.68. The fourth-order valence-electron chi connectivity index (χ4n) is 2.49. The molecule has 1 heterocycles. The third-order valence-corrected chi connectivity index (χ3v) is 3.98. The van der Waals surface area contributed by atoms with Crippen LogP contribution in [0.5, 0.6) is 0 Å². The van der Waals surface area contributed by atoms with Crippen LogP contribution in [0, 0.1) is 0 Å². The number of amides is 3. The number of alkyl carbamates (subject to hydrolysis) is 1. The SMILES string of the molecule is O=C(NC(C(=O)NC1CNC1=O)c1ccccc1)OCc1ccccc1. The second-order valence-electron chi connectivity index (χ2n) is 5.86. The molecule has 0 radical (unpaired) electrons. The van der Waals surface area contributed by atoms with Crippen molar-refractivity contribution in [2.45, 2.75) is 18.7 Å². The van der Waals surface area contributed by atoms with E-state index in [-0.39, 0.29) is 12.5 Å². The van der Waals surface area contributed by atoms with E-state index in [0.29, 0.717) is 12.1 Å². The van der Waals surface area contributed by atoms with Gasteiger partial charge in [0.1, 0.15) is 18.7 Å². The Labute approximate surface area is 150 Å². The Balaban J connectivity index is 1.64. The Morgan fingerprint density at radius 1 is 1.08 bits per heavy atom. The summed E-state index contributed by atoms with van der Waals surface area (Å²) in [6.07, 6.45) is -0.712. The highest BCUT2D eigenvalue weighted by atomic mass is 16.5. The lowest BCUT2D eigenvalue weighted by atomic mass is 10.0. The van der Waals surface area contributed by atoms with Gasteiger partial charge in [-0.2, -0.15) is 0 Å². The molecule has 3 amide bonds. The molecule has 0 spiro atoms. The van der Waals surface area contributed by atoms with Crippen molar-refractivity contribution in [3.8, 4) is 0 Å². The van der Waals surface area contributed by atoms with E-state index >= 15 is 0 Å². The van der Waals surface area contributed by atoms with Crippen LogP contribution >= 0.6 is 0 Å². The number of hydrogen-bond donors (Lipinski definition) is 3. The maximum absolute atomic E-state index is 12.5. The van der Waals surface area contributed by atoms with E-state index in [1.54, 1.807) is 24.3 Å². The van der Waals surface area contributed by atoms with Gasteiger partial charge < -0.3 is 20.7 Å². The predicted octanol–water partition coefficient (Wildman–Crippen LogP) is 1.27. The minimum atomic E-state index is -0.951. The number of carbonyl (C=O) groups excluding carboxylic acids is 3. The molecule has 0 saturated carbocycles. The fourth-order valence-corrected chi connectivity index (χ4v) is 2.49. The van der Waals surface area contributed by atoms with Gasteiger partial charge in [0.2, 0.25) is 11.8 Å². The maximum Gasteiger partial charge on any atom is 0.408 e. The van der Waals surface area contributed by atoms with Crippen molar-refractivity contribution in [2.75, 3.05) is 6.54 Å². The van der Waals surface area contributed by atoms with Crippen LogP contribution in [0.1, 0.15) is 17.2 Å². The zero-order valence-electron chi connectivity index (χ0n) is 14.0. The second-order valence-corrected chi connectivity index (χ2v) is 5.86. The Hall–Kier alpha value is -3.35. The first kappa shape index (κ1) is 17.5. The minimum Gasteiger partial charge on any atom is -0.445 e. The van der Waals surface area contributed by atoms with Crippen LogP contribution in [-0.2, 0) is 20.9 Å². The summed E-state index contributed by atoms with van der Waals surface area (Å²) in [6.45, 7) is 0.478. The highest BCUT2D eigenvalue weighted by Gasteiger charge is 2.32. The first-order valence-electron chi connectivity index (χ1n) is 8.24. The molecule has 2 aromatic carbocycles. The molecule has 0 aromatic heterocycles. The maximum atomic E-state index is 12.5. The molecule has 2 aromatic rings. The van der Waals surface area contributed by atoms with Crippen molar-refractivity contribution in [3.63, 3.8) is 0 Å². The summed E-state index contributed by atoms with van der Waals surface area (Å²) in [5, 5.41) is 7.75. The van der Waals surface area contributed by atoms with Crippen molar-refractivity contribution in [3.05, 3.63) is 71.8 Å². The van der Waals surface area contributed by atoms with Crippen LogP contribution in [0.4, 0.5) is 4.79 Å². The second kappa shape index (κ2) is 8.15. The van der Waals surface area contributed by atoms with Gasteiger partial charge in [-0.25, -0.2) is 4.79 Å². The lowest BCUT2D eigenvalue weighted by molar-refractivity contribution is -0.134. The molecule has 0 aliphatic carbocycles. The van der Waals surface area contributed by atoms with E-state index in [4.69, 9.17) is 4.74 Å². The van der Waals surface area contributed by atoms with Crippen molar-refractivity contribution in [1.82, 2.24) is 16.0 Å². The first-order chi connectivity index (χ1) is 12.6. The van der Waals surface area contributed by atoms with Gasteiger partial charge in [-0.15, -0.1) is 0 Å². The van der Waals surface area contributed by atoms with E-state index in [2.05, 4.69) is 16.0 Å². The normalized spacial score (nSPS) is 16.6. The molecule has 7 heteroatoms. The number of ether oxygens (including phenoxy) is 1. The number of carbonyl (C=O) groups is 3. The van der Waals surface area contributed by atoms with E-state index in [9.17, 15) is 14.4 Å². The molecule has 3 N–H and O–H groups in total. The highest BCUT2D eigenvalue weighted by Crippen LogP contribution is 2.14. The summed E-state index contributed by atoms with van der Waals surface area (Å²) < 4.78 is 5.19. The largest absolute Gasteiger partial charge is 0.445 e. The Kier molecular flexibility index (Phi) is 5.48. The van der Waals surface area contributed by atoms with Crippen molar-refractivity contribution in [2.24, 2.45) is 0 Å². The van der Waals surface area contributed by atoms with Crippen molar-refractivity contribution >= 4 is 17.9 Å². The molecule has 1 aliphatic heterocycles. The lowest BCUT2D eigenvalue weighted by Gasteiger charge is -2.28. The van der Waals surface area contributed by atoms with E-state index in [1.807, 2.05) is 36.4 Å². The molecule has 26 heavy (non-hydrogen) atoms. The number of nitrogens with one attached hydrogen (secondary N) is 3. The molecule has 0 bridgehead atoms. The van der Waals surface area contributed by atoms with Gasteiger partial charge in [0, 0.05) is 6.54 Å². The van der Waals surface area contributed by atoms with Gasteiger partial charge in [0.15, 0.2) is 0 Å². The topological polar surface area (TPSA) is 96.5 Å². The van der Waals surface area contributed by atoms with Gasteiger partial charge in [-0.1, -0.05) is 60.7 Å². The van der Waals surface area contributed by atoms with E-state index < -0.39 is 24.1 Å². The molecule has 1 saturated heterocycles. The van der Waals surface area contributed by atoms with Crippen LogP contribution in [0.2, 0.25) is 0 Å². The first-order valence-corrected chi connectivity index (χ1v) is 8.24. The fraction of sp³-hybridized carbons (Fsp3) is 0.211. The number of rotatable bonds is 6. The molecule has 2 atom stereocenters. The molecule has 7 nitrogen and oxygen atoms in total. The summed E-state index contributed by atoms with van der Waals surface area (Å²) in [6, 6.07) is 16.5. The molecule has 3 rings (SSSR count). The van der Waals surface area contributed by atoms with E-state index in [1.165, 1.54) is 0 Å². The zero-order valence-corrected chi connectivity index (χ0v) is 14.0. The standard InChI is InChI=1S/C19H19N3O4/c23-17-15(11-20-17)21-18(24)16(14-9-5-2-6-10-14)22-19(25)26-12-13-7-3-1-4-8-13/h1-10,15-16H,11-12H2,(H,20,23)(H,21,24)(H,22,25). The van der Waals surface area contributed by atoms with Gasteiger partial charge in [-0.05, 0) is 11.1 Å². The molecule has 2 unspecified atom stereocenters. The van der Waals surface area contributed by atoms with Gasteiger partial charge in [0.25, 0.3) is 0 Å². The van der Waals surface area contributed by atoms with Crippen LogP contribution in [0.3, 0.4) is 0 Å². The van der Waals surface area contributed by atoms with Crippen LogP contribution < -0.4 is 16.0 Å². The molecule has 134 valence electrons. The summed E-state index contributed by atoms with van der Waals surface area (Å²) in [4.78, 5) is 36.1. The van der Waals surface area contributed by atoms with Gasteiger partial charge in [0.05, 0.1) is 0 Å². The third-order valence-electron chi connectivity index (χ3n) is 3.98. The van der Waals surface area contributed by atoms with Crippen LogP contribution in [0.25, 0.3) is 0 Å². The quantitative estimate of drug-likeness (QED) is 0.682. The van der Waals surface area contributed by atoms with Gasteiger partial charge >= 0.3 is 6.09 Å². The smallest absolute Gasteiger partial charge is 0.408 e. The van der Waals surface area contributed by atoms with Crippen LogP contribution in [0.15, 0.2) is 60.7 Å². The molecule has 1 aliphatic rings. The Morgan fingerprint density at radius 3 is 2.31 bits per heavy atom. The van der Waals surface area contributed by atoms with Crippen molar-refractivity contribution in [1.29, 1.82) is 0 Å². The third kappa shape index (κ3) is 4.38. The minimum absolute atomic E-state index is 0.0980.